The van der Waals surface area contributed by atoms with Crippen LogP contribution in [0.4, 0.5) is 0 Å². The molecule has 0 aromatic carbocycles. The first-order chi connectivity index (χ1) is 8.12. The van der Waals surface area contributed by atoms with Crippen LogP contribution in [0.25, 0.3) is 0 Å². The molecule has 2 aliphatic heterocycles. The third-order valence-corrected chi connectivity index (χ3v) is 4.24. The molecule has 2 rings (SSSR count). The zero-order valence-electron chi connectivity index (χ0n) is 11.0. The molecular weight excluding hydrogens is 216 g/mol. The molecule has 2 atom stereocenters. The Hall–Kier alpha value is -0.610. The zero-order valence-corrected chi connectivity index (χ0v) is 11.0. The molecule has 4 nitrogen and oxygen atoms in total. The zero-order chi connectivity index (χ0) is 12.3. The summed E-state index contributed by atoms with van der Waals surface area (Å²) in [5.41, 5.74) is -0.0363. The fourth-order valence-electron chi connectivity index (χ4n) is 2.60. The largest absolute Gasteiger partial charge is 0.377 e. The second-order valence-electron chi connectivity index (χ2n) is 5.48. The number of nitrogens with zero attached hydrogens (tertiary/aromatic N) is 1. The van der Waals surface area contributed by atoms with Crippen LogP contribution in [0.3, 0.4) is 0 Å². The van der Waals surface area contributed by atoms with Crippen LogP contribution in [0.1, 0.15) is 39.5 Å². The third-order valence-electron chi connectivity index (χ3n) is 4.24. The Morgan fingerprint density at radius 3 is 2.71 bits per heavy atom. The van der Waals surface area contributed by atoms with Crippen molar-refractivity contribution in [2.75, 3.05) is 26.2 Å². The molecule has 98 valence electrons. The molecule has 0 spiro atoms. The number of rotatable bonds is 3. The van der Waals surface area contributed by atoms with Crippen LogP contribution in [0.15, 0.2) is 0 Å². The van der Waals surface area contributed by atoms with Gasteiger partial charge in [0.15, 0.2) is 0 Å². The summed E-state index contributed by atoms with van der Waals surface area (Å²) in [5.74, 6) is 0.241. The van der Waals surface area contributed by atoms with E-state index in [0.717, 1.165) is 39.0 Å². The van der Waals surface area contributed by atoms with E-state index in [2.05, 4.69) is 19.2 Å². The topological polar surface area (TPSA) is 41.6 Å². The lowest BCUT2D eigenvalue weighted by Gasteiger charge is -2.31. The number of amides is 1. The van der Waals surface area contributed by atoms with Gasteiger partial charge >= 0.3 is 0 Å². The van der Waals surface area contributed by atoms with Crippen LogP contribution in [0.5, 0.6) is 0 Å². The average molecular weight is 240 g/mol. The summed E-state index contributed by atoms with van der Waals surface area (Å²) < 4.78 is 5.56. The molecule has 17 heavy (non-hydrogen) atoms. The molecule has 2 heterocycles. The maximum atomic E-state index is 12.0. The molecule has 2 fully saturated rings. The highest BCUT2D eigenvalue weighted by Gasteiger charge is 2.37. The summed E-state index contributed by atoms with van der Waals surface area (Å²) in [6, 6.07) is 0. The monoisotopic (exact) mass is 240 g/mol. The van der Waals surface area contributed by atoms with Gasteiger partial charge in [-0.25, -0.2) is 0 Å². The normalized spacial score (nSPS) is 34.0. The minimum atomic E-state index is -0.0363. The number of likely N-dealkylation sites (tertiary alicyclic amines) is 1. The minimum absolute atomic E-state index is 0.0363. The van der Waals surface area contributed by atoms with Crippen molar-refractivity contribution >= 4 is 5.91 Å². The van der Waals surface area contributed by atoms with Crippen molar-refractivity contribution in [3.63, 3.8) is 0 Å². The summed E-state index contributed by atoms with van der Waals surface area (Å²) >= 11 is 0. The Kier molecular flexibility index (Phi) is 4.05. The van der Waals surface area contributed by atoms with Crippen molar-refractivity contribution in [2.45, 2.75) is 51.2 Å². The summed E-state index contributed by atoms with van der Waals surface area (Å²) in [6.07, 6.45) is 4.75. The molecule has 2 unspecified atom stereocenters. The van der Waals surface area contributed by atoms with Gasteiger partial charge in [0.2, 0.25) is 5.91 Å². The standard InChI is InChI=1S/C13H24N2O2/c1-11-13(2,6-9-17-11)14-10-12(16)15-7-4-3-5-8-15/h11,14H,3-10H2,1-2H3. The number of hydrogen-bond acceptors (Lipinski definition) is 3. The molecule has 1 N–H and O–H groups in total. The second-order valence-corrected chi connectivity index (χ2v) is 5.48. The Morgan fingerprint density at radius 2 is 2.12 bits per heavy atom. The van der Waals surface area contributed by atoms with Gasteiger partial charge in [-0.2, -0.15) is 0 Å². The molecule has 0 bridgehead atoms. The summed E-state index contributed by atoms with van der Waals surface area (Å²) in [5, 5.41) is 3.39. The maximum Gasteiger partial charge on any atom is 0.236 e. The third kappa shape index (κ3) is 2.99. The van der Waals surface area contributed by atoms with Crippen molar-refractivity contribution in [3.8, 4) is 0 Å². The Labute approximate surface area is 104 Å². The molecule has 0 aliphatic carbocycles. The number of nitrogens with one attached hydrogen (secondary N) is 1. The van der Waals surface area contributed by atoms with E-state index in [0.29, 0.717) is 6.54 Å². The first-order valence-electron chi connectivity index (χ1n) is 6.76. The van der Waals surface area contributed by atoms with Gasteiger partial charge in [-0.3, -0.25) is 4.79 Å². The van der Waals surface area contributed by atoms with E-state index in [4.69, 9.17) is 4.74 Å². The van der Waals surface area contributed by atoms with Crippen molar-refractivity contribution in [1.29, 1.82) is 0 Å². The van der Waals surface area contributed by atoms with Crippen molar-refractivity contribution < 1.29 is 9.53 Å². The van der Waals surface area contributed by atoms with E-state index in [9.17, 15) is 4.79 Å². The van der Waals surface area contributed by atoms with Crippen molar-refractivity contribution in [1.82, 2.24) is 10.2 Å². The second kappa shape index (κ2) is 5.36. The Bertz CT molecular complexity index is 277. The van der Waals surface area contributed by atoms with E-state index >= 15 is 0 Å². The highest BCUT2D eigenvalue weighted by Crippen LogP contribution is 2.24. The van der Waals surface area contributed by atoms with Crippen molar-refractivity contribution in [2.24, 2.45) is 0 Å². The van der Waals surface area contributed by atoms with Gasteiger partial charge < -0.3 is 15.0 Å². The first-order valence-corrected chi connectivity index (χ1v) is 6.76. The molecule has 0 saturated carbocycles. The van der Waals surface area contributed by atoms with Crippen molar-refractivity contribution in [3.05, 3.63) is 0 Å². The van der Waals surface area contributed by atoms with Crippen LogP contribution in [0.2, 0.25) is 0 Å². The number of carbonyl (C=O) groups is 1. The fourth-order valence-corrected chi connectivity index (χ4v) is 2.60. The van der Waals surface area contributed by atoms with Gasteiger partial charge in [0, 0.05) is 25.2 Å². The van der Waals surface area contributed by atoms with E-state index < -0.39 is 0 Å². The highest BCUT2D eigenvalue weighted by atomic mass is 16.5. The smallest absolute Gasteiger partial charge is 0.236 e. The van der Waals surface area contributed by atoms with Gasteiger partial charge in [-0.1, -0.05) is 0 Å². The lowest BCUT2D eigenvalue weighted by Crippen LogP contribution is -2.52. The predicted octanol–water partition coefficient (Wildman–Crippen LogP) is 1.16. The summed E-state index contributed by atoms with van der Waals surface area (Å²) in [4.78, 5) is 14.0. The van der Waals surface area contributed by atoms with E-state index in [1.54, 1.807) is 0 Å². The van der Waals surface area contributed by atoms with Crippen LogP contribution in [-0.2, 0) is 9.53 Å². The van der Waals surface area contributed by atoms with Gasteiger partial charge in [0.1, 0.15) is 0 Å². The summed E-state index contributed by atoms with van der Waals surface area (Å²) in [7, 11) is 0. The van der Waals surface area contributed by atoms with Gasteiger partial charge in [0.25, 0.3) is 0 Å². The molecular formula is C13H24N2O2. The molecule has 2 aliphatic rings. The van der Waals surface area contributed by atoms with Crippen LogP contribution < -0.4 is 5.32 Å². The molecule has 0 radical (unpaired) electrons. The lowest BCUT2D eigenvalue weighted by molar-refractivity contribution is -0.131. The van der Waals surface area contributed by atoms with E-state index in [1.165, 1.54) is 6.42 Å². The first kappa shape index (κ1) is 12.8. The van der Waals surface area contributed by atoms with Crippen LogP contribution >= 0.6 is 0 Å². The minimum Gasteiger partial charge on any atom is -0.377 e. The number of ether oxygens (including phenoxy) is 1. The summed E-state index contributed by atoms with van der Waals surface area (Å²) in [6.45, 7) is 7.33. The quantitative estimate of drug-likeness (QED) is 0.805. The molecule has 4 heteroatoms. The molecule has 0 aromatic heterocycles. The van der Waals surface area contributed by atoms with Gasteiger partial charge in [-0.15, -0.1) is 0 Å². The Balaban J connectivity index is 1.79. The van der Waals surface area contributed by atoms with E-state index in [-0.39, 0.29) is 17.6 Å². The van der Waals surface area contributed by atoms with Gasteiger partial charge in [-0.05, 0) is 39.5 Å². The highest BCUT2D eigenvalue weighted by molar-refractivity contribution is 5.78. The maximum absolute atomic E-state index is 12.0. The van der Waals surface area contributed by atoms with Gasteiger partial charge in [0.05, 0.1) is 12.6 Å². The predicted molar refractivity (Wildman–Crippen MR) is 66.9 cm³/mol. The SMILES string of the molecule is CC1OCCC1(C)NCC(=O)N1CCCCC1. The average Bonchev–Trinajstić information content (AvgIpc) is 2.68. The van der Waals surface area contributed by atoms with Crippen LogP contribution in [-0.4, -0.2) is 48.7 Å². The van der Waals surface area contributed by atoms with E-state index in [1.807, 2.05) is 4.90 Å². The molecule has 0 aromatic rings. The number of carbonyl (C=O) groups excluding carboxylic acids is 1. The fraction of sp³-hybridized carbons (Fsp3) is 0.923. The van der Waals surface area contributed by atoms with Crippen LogP contribution in [0, 0.1) is 0 Å². The number of piperidine rings is 1. The molecule has 1 amide bonds. The molecule has 2 saturated heterocycles. The Morgan fingerprint density at radius 1 is 1.41 bits per heavy atom. The number of hydrogen-bond donors (Lipinski definition) is 1. The lowest BCUT2D eigenvalue weighted by atomic mass is 9.95.